The van der Waals surface area contributed by atoms with Gasteiger partial charge in [0.05, 0.1) is 17.8 Å². The molecule has 4 nitrogen and oxygen atoms in total. The zero-order valence-electron chi connectivity index (χ0n) is 10.7. The number of anilines is 2. The van der Waals surface area contributed by atoms with Crippen LogP contribution in [0.25, 0.3) is 0 Å². The molecule has 0 spiro atoms. The van der Waals surface area contributed by atoms with Crippen molar-refractivity contribution in [1.82, 2.24) is 0 Å². The first kappa shape index (κ1) is 14.3. The van der Waals surface area contributed by atoms with Crippen LogP contribution in [0.3, 0.4) is 0 Å². The second kappa shape index (κ2) is 6.83. The Hall–Kier alpha value is -1.78. The normalized spacial score (nSPS) is 10.3. The highest BCUT2D eigenvalue weighted by Crippen LogP contribution is 2.22. The fourth-order valence-electron chi connectivity index (χ4n) is 1.72. The van der Waals surface area contributed by atoms with E-state index >= 15 is 0 Å². The van der Waals surface area contributed by atoms with Gasteiger partial charge in [-0.05, 0) is 24.6 Å². The third-order valence-corrected chi connectivity index (χ3v) is 2.79. The van der Waals surface area contributed by atoms with E-state index < -0.39 is 5.91 Å². The van der Waals surface area contributed by atoms with Crippen LogP contribution in [0.2, 0.25) is 0 Å². The Morgan fingerprint density at radius 3 is 2.67 bits per heavy atom. The lowest BCUT2D eigenvalue weighted by molar-refractivity contribution is 0.100. The van der Waals surface area contributed by atoms with Gasteiger partial charge in [-0.1, -0.05) is 30.7 Å². The second-order valence-corrected chi connectivity index (χ2v) is 4.28. The summed E-state index contributed by atoms with van der Waals surface area (Å²) >= 11 is 0. The Morgan fingerprint density at radius 1 is 1.33 bits per heavy atom. The van der Waals surface area contributed by atoms with E-state index in [4.69, 9.17) is 11.5 Å². The van der Waals surface area contributed by atoms with Crippen LogP contribution in [0, 0.1) is 0 Å². The van der Waals surface area contributed by atoms with Crippen LogP contribution in [0.4, 0.5) is 15.9 Å². The number of carbonyl (C=O) groups excluding carboxylic acids is 1. The average Bonchev–Trinajstić information content (AvgIpc) is 2.34. The molecule has 0 aromatic heterocycles. The molecule has 1 aromatic carbocycles. The lowest BCUT2D eigenvalue weighted by Gasteiger charge is -2.15. The number of benzene rings is 1. The zero-order chi connectivity index (χ0) is 13.5. The number of halogens is 1. The highest BCUT2D eigenvalue weighted by molar-refractivity contribution is 5.98. The van der Waals surface area contributed by atoms with Crippen LogP contribution in [0.5, 0.6) is 0 Å². The van der Waals surface area contributed by atoms with Gasteiger partial charge in [0.1, 0.15) is 0 Å². The van der Waals surface area contributed by atoms with Crippen LogP contribution in [-0.4, -0.2) is 12.5 Å². The standard InChI is InChI=1S/C13H20FN3O/c1-2-3-4-5-8-17(14)10-6-7-12(15)11(9-10)13(16)18/h6-7,9H,2-5,8,15H2,1H3,(H2,16,18). The minimum atomic E-state index is -0.645. The summed E-state index contributed by atoms with van der Waals surface area (Å²) in [4.78, 5) is 11.1. The van der Waals surface area contributed by atoms with Crippen molar-refractivity contribution >= 4 is 17.3 Å². The topological polar surface area (TPSA) is 72.3 Å². The maximum atomic E-state index is 13.8. The summed E-state index contributed by atoms with van der Waals surface area (Å²) in [5, 5.41) is 0.627. The van der Waals surface area contributed by atoms with E-state index in [1.165, 1.54) is 12.1 Å². The average molecular weight is 253 g/mol. The molecule has 0 aliphatic carbocycles. The number of primary amides is 1. The fourth-order valence-corrected chi connectivity index (χ4v) is 1.72. The highest BCUT2D eigenvalue weighted by atomic mass is 19.2. The number of nitrogen functional groups attached to an aromatic ring is 1. The van der Waals surface area contributed by atoms with Crippen molar-refractivity contribution in [3.05, 3.63) is 23.8 Å². The van der Waals surface area contributed by atoms with E-state index in [0.717, 1.165) is 25.7 Å². The summed E-state index contributed by atoms with van der Waals surface area (Å²) in [5.41, 5.74) is 11.5. The minimum absolute atomic E-state index is 0.156. The maximum absolute atomic E-state index is 13.8. The van der Waals surface area contributed by atoms with Crippen molar-refractivity contribution in [3.63, 3.8) is 0 Å². The molecule has 0 aliphatic heterocycles. The van der Waals surface area contributed by atoms with Gasteiger partial charge in [0.25, 0.3) is 5.91 Å². The van der Waals surface area contributed by atoms with Gasteiger partial charge in [-0.25, -0.2) is 5.12 Å². The quantitative estimate of drug-likeness (QED) is 0.446. The largest absolute Gasteiger partial charge is 0.398 e. The predicted octanol–water partition coefficient (Wildman–Crippen LogP) is 2.64. The van der Waals surface area contributed by atoms with Crippen LogP contribution in [-0.2, 0) is 0 Å². The Labute approximate surface area is 107 Å². The number of rotatable bonds is 7. The summed E-state index contributed by atoms with van der Waals surface area (Å²) < 4.78 is 13.8. The van der Waals surface area contributed by atoms with Crippen molar-refractivity contribution < 1.29 is 9.28 Å². The van der Waals surface area contributed by atoms with Crippen LogP contribution >= 0.6 is 0 Å². The third-order valence-electron chi connectivity index (χ3n) is 2.79. The number of unbranched alkanes of at least 4 members (excludes halogenated alkanes) is 3. The van der Waals surface area contributed by atoms with E-state index in [-0.39, 0.29) is 11.3 Å². The van der Waals surface area contributed by atoms with Crippen molar-refractivity contribution in [2.75, 3.05) is 17.4 Å². The number of nitrogens with two attached hydrogens (primary N) is 2. The first-order valence-corrected chi connectivity index (χ1v) is 6.19. The molecule has 0 unspecified atom stereocenters. The van der Waals surface area contributed by atoms with Gasteiger partial charge in [0.15, 0.2) is 0 Å². The third kappa shape index (κ3) is 3.91. The van der Waals surface area contributed by atoms with Crippen LogP contribution in [0.1, 0.15) is 43.0 Å². The van der Waals surface area contributed by atoms with Gasteiger partial charge in [-0.3, -0.25) is 4.79 Å². The monoisotopic (exact) mass is 253 g/mol. The summed E-state index contributed by atoms with van der Waals surface area (Å²) in [7, 11) is 0. The summed E-state index contributed by atoms with van der Waals surface area (Å²) in [6, 6.07) is 4.42. The zero-order valence-corrected chi connectivity index (χ0v) is 10.7. The number of carbonyl (C=O) groups is 1. The first-order valence-electron chi connectivity index (χ1n) is 6.19. The summed E-state index contributed by atoms with van der Waals surface area (Å²) in [6.07, 6.45) is 3.98. The number of nitrogens with zero attached hydrogens (tertiary/aromatic N) is 1. The van der Waals surface area contributed by atoms with Gasteiger partial charge in [0, 0.05) is 5.69 Å². The van der Waals surface area contributed by atoms with E-state index in [1.807, 2.05) is 0 Å². The number of amides is 1. The highest BCUT2D eigenvalue weighted by Gasteiger charge is 2.11. The van der Waals surface area contributed by atoms with Crippen molar-refractivity contribution in [2.45, 2.75) is 32.6 Å². The Kier molecular flexibility index (Phi) is 5.42. The molecule has 0 saturated carbocycles. The lowest BCUT2D eigenvalue weighted by atomic mass is 10.1. The molecule has 0 fully saturated rings. The Balaban J connectivity index is 2.65. The van der Waals surface area contributed by atoms with Gasteiger partial charge < -0.3 is 11.5 Å². The van der Waals surface area contributed by atoms with E-state index in [9.17, 15) is 9.28 Å². The Bertz CT molecular complexity index is 409. The fraction of sp³-hybridized carbons (Fsp3) is 0.462. The minimum Gasteiger partial charge on any atom is -0.398 e. The van der Waals surface area contributed by atoms with Crippen LogP contribution in [0.15, 0.2) is 18.2 Å². The molecule has 5 heteroatoms. The van der Waals surface area contributed by atoms with Crippen LogP contribution < -0.4 is 16.6 Å². The molecule has 18 heavy (non-hydrogen) atoms. The molecule has 0 bridgehead atoms. The number of hydrogen-bond donors (Lipinski definition) is 2. The Morgan fingerprint density at radius 2 is 2.06 bits per heavy atom. The maximum Gasteiger partial charge on any atom is 0.250 e. The number of hydrogen-bond acceptors (Lipinski definition) is 3. The van der Waals surface area contributed by atoms with E-state index in [0.29, 0.717) is 17.4 Å². The molecule has 4 N–H and O–H groups in total. The second-order valence-electron chi connectivity index (χ2n) is 4.28. The summed E-state index contributed by atoms with van der Waals surface area (Å²) in [5.74, 6) is -0.645. The predicted molar refractivity (Wildman–Crippen MR) is 72.0 cm³/mol. The SMILES string of the molecule is CCCCCCN(F)c1ccc(N)c(C(N)=O)c1. The van der Waals surface area contributed by atoms with Gasteiger partial charge in [0.2, 0.25) is 0 Å². The molecule has 1 aromatic rings. The molecule has 0 saturated heterocycles. The molecule has 1 rings (SSSR count). The van der Waals surface area contributed by atoms with Crippen molar-refractivity contribution in [2.24, 2.45) is 5.73 Å². The summed E-state index contributed by atoms with van der Waals surface area (Å²) in [6.45, 7) is 2.41. The van der Waals surface area contributed by atoms with Gasteiger partial charge in [-0.15, -0.1) is 0 Å². The molecular weight excluding hydrogens is 233 g/mol. The van der Waals surface area contributed by atoms with E-state index in [1.54, 1.807) is 6.07 Å². The van der Waals surface area contributed by atoms with E-state index in [2.05, 4.69) is 6.92 Å². The molecule has 0 radical (unpaired) electrons. The first-order chi connectivity index (χ1) is 8.56. The van der Waals surface area contributed by atoms with Crippen molar-refractivity contribution in [1.29, 1.82) is 0 Å². The smallest absolute Gasteiger partial charge is 0.250 e. The van der Waals surface area contributed by atoms with Gasteiger partial charge >= 0.3 is 0 Å². The lowest BCUT2D eigenvalue weighted by Crippen LogP contribution is -2.17. The molecule has 0 atom stereocenters. The molecular formula is C13H20FN3O. The molecule has 0 heterocycles. The molecule has 1 amide bonds. The molecule has 0 aliphatic rings. The van der Waals surface area contributed by atoms with Gasteiger partial charge in [-0.2, -0.15) is 0 Å². The molecule has 100 valence electrons. The van der Waals surface area contributed by atoms with Crippen molar-refractivity contribution in [3.8, 4) is 0 Å².